The summed E-state index contributed by atoms with van der Waals surface area (Å²) >= 11 is 0. The van der Waals surface area contributed by atoms with Crippen LogP contribution in [0, 0.1) is 17.1 Å². The Hall–Kier alpha value is -2.88. The number of halogens is 1. The molecule has 0 unspecified atom stereocenters. The van der Waals surface area contributed by atoms with E-state index < -0.39 is 5.82 Å². The van der Waals surface area contributed by atoms with Gasteiger partial charge in [-0.3, -0.25) is 0 Å². The van der Waals surface area contributed by atoms with Gasteiger partial charge in [0, 0.05) is 5.56 Å². The van der Waals surface area contributed by atoms with E-state index in [0.717, 1.165) is 0 Å². The van der Waals surface area contributed by atoms with Gasteiger partial charge in [0.15, 0.2) is 11.6 Å². The molecule has 0 saturated carbocycles. The molecule has 6 nitrogen and oxygen atoms in total. The number of nitrogens with zero attached hydrogens (tertiary/aromatic N) is 3. The van der Waals surface area contributed by atoms with E-state index in [-0.39, 0.29) is 28.8 Å². The van der Waals surface area contributed by atoms with Crippen molar-refractivity contribution in [3.8, 4) is 23.1 Å². The number of hydrogen-bond donors (Lipinski definition) is 2. The molecule has 1 heterocycles. The van der Waals surface area contributed by atoms with E-state index in [4.69, 9.17) is 21.5 Å². The summed E-state index contributed by atoms with van der Waals surface area (Å²) < 4.78 is 19.0. The summed E-state index contributed by atoms with van der Waals surface area (Å²) in [5.74, 6) is -0.538. The van der Waals surface area contributed by atoms with Gasteiger partial charge in [-0.1, -0.05) is 0 Å². The molecule has 102 valence electrons. The van der Waals surface area contributed by atoms with Crippen LogP contribution in [0.15, 0.2) is 18.2 Å². The molecule has 0 fully saturated rings. The molecule has 0 bridgehead atoms. The zero-order chi connectivity index (χ0) is 14.7. The van der Waals surface area contributed by atoms with Crippen molar-refractivity contribution in [3.05, 3.63) is 29.6 Å². The quantitative estimate of drug-likeness (QED) is 0.880. The van der Waals surface area contributed by atoms with Crippen molar-refractivity contribution in [1.82, 2.24) is 9.97 Å². The number of benzene rings is 1. The average Bonchev–Trinajstić information content (AvgIpc) is 2.40. The average molecular weight is 273 g/mol. The van der Waals surface area contributed by atoms with Crippen LogP contribution in [0.3, 0.4) is 0 Å². The highest BCUT2D eigenvalue weighted by molar-refractivity contribution is 5.73. The minimum absolute atomic E-state index is 0.0377. The highest BCUT2D eigenvalue weighted by atomic mass is 19.1. The van der Waals surface area contributed by atoms with Gasteiger partial charge >= 0.3 is 0 Å². The Morgan fingerprint density at radius 3 is 2.70 bits per heavy atom. The van der Waals surface area contributed by atoms with E-state index >= 15 is 0 Å². The predicted molar refractivity (Wildman–Crippen MR) is 72.1 cm³/mol. The molecule has 0 aliphatic rings. The molecule has 20 heavy (non-hydrogen) atoms. The van der Waals surface area contributed by atoms with Crippen molar-refractivity contribution in [1.29, 1.82) is 5.26 Å². The number of aromatic nitrogens is 2. The Kier molecular flexibility index (Phi) is 3.66. The predicted octanol–water partition coefficient (Wildman–Crippen LogP) is 1.72. The van der Waals surface area contributed by atoms with Crippen LogP contribution in [0.25, 0.3) is 11.3 Å². The third-order valence-electron chi connectivity index (χ3n) is 2.57. The van der Waals surface area contributed by atoms with Crippen molar-refractivity contribution in [3.63, 3.8) is 0 Å². The van der Waals surface area contributed by atoms with Gasteiger partial charge < -0.3 is 16.2 Å². The fraction of sp³-hybridized carbons (Fsp3) is 0.154. The third kappa shape index (κ3) is 2.44. The van der Waals surface area contributed by atoms with E-state index in [1.807, 2.05) is 6.07 Å². The molecule has 0 atom stereocenters. The molecule has 1 aromatic carbocycles. The molecule has 1 aromatic heterocycles. The molecule has 0 spiro atoms. The summed E-state index contributed by atoms with van der Waals surface area (Å²) in [6.45, 7) is 2.11. The van der Waals surface area contributed by atoms with Gasteiger partial charge in [0.2, 0.25) is 5.95 Å². The molecule has 0 aliphatic heterocycles. The van der Waals surface area contributed by atoms with Crippen molar-refractivity contribution in [2.75, 3.05) is 18.1 Å². The Labute approximate surface area is 114 Å². The second kappa shape index (κ2) is 5.40. The Morgan fingerprint density at radius 1 is 1.35 bits per heavy atom. The molecule has 2 aromatic rings. The number of nitrogens with two attached hydrogens (primary N) is 2. The lowest BCUT2D eigenvalue weighted by atomic mass is 10.1. The Balaban J connectivity index is 2.58. The van der Waals surface area contributed by atoms with Crippen LogP contribution in [-0.4, -0.2) is 16.6 Å². The van der Waals surface area contributed by atoms with Gasteiger partial charge in [0.05, 0.1) is 12.3 Å². The molecule has 0 aliphatic carbocycles. The van der Waals surface area contributed by atoms with Crippen LogP contribution in [0.4, 0.5) is 16.2 Å². The minimum Gasteiger partial charge on any atom is -0.491 e. The van der Waals surface area contributed by atoms with Crippen molar-refractivity contribution >= 4 is 11.8 Å². The smallest absolute Gasteiger partial charge is 0.222 e. The number of ether oxygens (including phenoxy) is 1. The SMILES string of the molecule is CCOc1ccc(-c2nc(N)nc(N)c2C#N)cc1F. The van der Waals surface area contributed by atoms with Crippen molar-refractivity contribution < 1.29 is 9.13 Å². The lowest BCUT2D eigenvalue weighted by molar-refractivity contribution is 0.321. The van der Waals surface area contributed by atoms with E-state index in [9.17, 15) is 4.39 Å². The fourth-order valence-corrected chi connectivity index (χ4v) is 1.74. The first-order chi connectivity index (χ1) is 9.56. The van der Waals surface area contributed by atoms with Gasteiger partial charge in [0.1, 0.15) is 17.5 Å². The van der Waals surface area contributed by atoms with Crippen LogP contribution in [-0.2, 0) is 0 Å². The maximum absolute atomic E-state index is 13.8. The lowest BCUT2D eigenvalue weighted by Crippen LogP contribution is -2.05. The summed E-state index contributed by atoms with van der Waals surface area (Å²) in [4.78, 5) is 7.65. The molecule has 4 N–H and O–H groups in total. The molecule has 0 amide bonds. The first-order valence-corrected chi connectivity index (χ1v) is 5.82. The second-order valence-corrected chi connectivity index (χ2v) is 3.88. The van der Waals surface area contributed by atoms with Gasteiger partial charge in [0.25, 0.3) is 0 Å². The molecular formula is C13H12FN5O. The van der Waals surface area contributed by atoms with E-state index in [2.05, 4.69) is 9.97 Å². The number of nitriles is 1. The van der Waals surface area contributed by atoms with E-state index in [0.29, 0.717) is 12.2 Å². The normalized spacial score (nSPS) is 10.1. The fourth-order valence-electron chi connectivity index (χ4n) is 1.74. The first-order valence-electron chi connectivity index (χ1n) is 5.82. The van der Waals surface area contributed by atoms with Crippen LogP contribution >= 0.6 is 0 Å². The molecule has 0 radical (unpaired) electrons. The maximum Gasteiger partial charge on any atom is 0.222 e. The molecule has 2 rings (SSSR count). The van der Waals surface area contributed by atoms with Crippen molar-refractivity contribution in [2.24, 2.45) is 0 Å². The Bertz CT molecular complexity index is 696. The standard InChI is InChI=1S/C13H12FN5O/c1-2-20-10-4-3-7(5-9(10)14)11-8(6-15)12(16)19-13(17)18-11/h3-5H,2H2,1H3,(H4,16,17,18,19). The van der Waals surface area contributed by atoms with Gasteiger partial charge in [-0.05, 0) is 25.1 Å². The zero-order valence-electron chi connectivity index (χ0n) is 10.7. The molecular weight excluding hydrogens is 261 g/mol. The monoisotopic (exact) mass is 273 g/mol. The number of hydrogen-bond acceptors (Lipinski definition) is 6. The largest absolute Gasteiger partial charge is 0.491 e. The molecule has 0 saturated heterocycles. The summed E-state index contributed by atoms with van der Waals surface area (Å²) in [5.41, 5.74) is 11.7. The summed E-state index contributed by atoms with van der Waals surface area (Å²) in [5, 5.41) is 9.09. The number of nitrogen functional groups attached to an aromatic ring is 2. The van der Waals surface area contributed by atoms with E-state index in [1.165, 1.54) is 12.1 Å². The maximum atomic E-state index is 13.8. The zero-order valence-corrected chi connectivity index (χ0v) is 10.7. The van der Waals surface area contributed by atoms with Gasteiger partial charge in [-0.15, -0.1) is 0 Å². The van der Waals surface area contributed by atoms with Crippen LogP contribution in [0.1, 0.15) is 12.5 Å². The van der Waals surface area contributed by atoms with Crippen LogP contribution < -0.4 is 16.2 Å². The second-order valence-electron chi connectivity index (χ2n) is 3.88. The minimum atomic E-state index is -0.552. The number of rotatable bonds is 3. The van der Waals surface area contributed by atoms with Gasteiger partial charge in [-0.2, -0.15) is 10.2 Å². The van der Waals surface area contributed by atoms with Crippen molar-refractivity contribution in [2.45, 2.75) is 6.92 Å². The third-order valence-corrected chi connectivity index (χ3v) is 2.57. The van der Waals surface area contributed by atoms with Crippen LogP contribution in [0.5, 0.6) is 5.75 Å². The first kappa shape index (κ1) is 13.5. The summed E-state index contributed by atoms with van der Waals surface area (Å²) in [6, 6.07) is 6.15. The highest BCUT2D eigenvalue weighted by Gasteiger charge is 2.15. The highest BCUT2D eigenvalue weighted by Crippen LogP contribution is 2.28. The van der Waals surface area contributed by atoms with Gasteiger partial charge in [-0.25, -0.2) is 9.37 Å². The summed E-state index contributed by atoms with van der Waals surface area (Å²) in [6.07, 6.45) is 0. The number of anilines is 2. The Morgan fingerprint density at radius 2 is 2.10 bits per heavy atom. The molecule has 7 heteroatoms. The lowest BCUT2D eigenvalue weighted by Gasteiger charge is -2.09. The summed E-state index contributed by atoms with van der Waals surface area (Å²) in [7, 11) is 0. The van der Waals surface area contributed by atoms with Crippen LogP contribution in [0.2, 0.25) is 0 Å². The van der Waals surface area contributed by atoms with E-state index in [1.54, 1.807) is 13.0 Å². The topological polar surface area (TPSA) is 111 Å².